The summed E-state index contributed by atoms with van der Waals surface area (Å²) in [6.07, 6.45) is 2.08. The summed E-state index contributed by atoms with van der Waals surface area (Å²) in [5.41, 5.74) is 0. The topological polar surface area (TPSA) is 37.3 Å². The second-order valence-corrected chi connectivity index (χ2v) is 4.10. The summed E-state index contributed by atoms with van der Waals surface area (Å²) < 4.78 is 0. The molecule has 0 fully saturated rings. The van der Waals surface area contributed by atoms with E-state index in [1.54, 1.807) is 0 Å². The summed E-state index contributed by atoms with van der Waals surface area (Å²) in [4.78, 5) is 9.76. The third kappa shape index (κ3) is 24.3. The van der Waals surface area contributed by atoms with Crippen LogP contribution in [0.2, 0.25) is 5.02 Å². The fourth-order valence-electron chi connectivity index (χ4n) is 0.328. The molecule has 0 saturated heterocycles. The third-order valence-corrected chi connectivity index (χ3v) is 0.744. The van der Waals surface area contributed by atoms with Crippen LogP contribution >= 0.6 is 0 Å². The number of unbranched alkanes of at least 4 members (excludes halogenated alkanes) is 1. The van der Waals surface area contributed by atoms with Crippen molar-refractivity contribution in [3.63, 3.8) is 0 Å². The van der Waals surface area contributed by atoms with E-state index in [1.165, 1.54) is 23.3 Å². The van der Waals surface area contributed by atoms with E-state index in [0.29, 0.717) is 6.42 Å². The van der Waals surface area contributed by atoms with Crippen LogP contribution in [0, 0.1) is 0 Å². The molecule has 0 heterocycles. The molecule has 0 aromatic carbocycles. The summed E-state index contributed by atoms with van der Waals surface area (Å²) in [5, 5.41) is 9.42. The maximum absolute atomic E-state index is 9.76. The number of rotatable bonds is 3. The molecule has 0 rings (SSSR count). The molecule has 0 saturated carbocycles. The summed E-state index contributed by atoms with van der Waals surface area (Å²) in [5.74, 6) is -0.693. The Morgan fingerprint density at radius 2 is 1.90 bits per heavy atom. The first-order chi connectivity index (χ1) is 4.68. The standard InChI is InChI=1S/C5H10O2.C2H5.Zn/c1-2-3-4-5(6)7;1-2;/h2-4H2,1H3,(H,6,7);1H2,2H3;. The summed E-state index contributed by atoms with van der Waals surface area (Å²) >= 11 is 1.44. The first-order valence-corrected chi connectivity index (χ1v) is 5.79. The molecule has 2 nitrogen and oxygen atoms in total. The van der Waals surface area contributed by atoms with Gasteiger partial charge in [-0.2, -0.15) is 0 Å². The van der Waals surface area contributed by atoms with Gasteiger partial charge in [0.05, 0.1) is 0 Å². The van der Waals surface area contributed by atoms with E-state index in [2.05, 4.69) is 6.92 Å². The van der Waals surface area contributed by atoms with Crippen molar-refractivity contribution < 1.29 is 28.2 Å². The average Bonchev–Trinajstić information content (AvgIpc) is 1.85. The SMILES string of the molecule is CCCCC(=O)O.C[CH2][Zn]. The van der Waals surface area contributed by atoms with Crippen molar-refractivity contribution in [2.45, 2.75) is 38.1 Å². The van der Waals surface area contributed by atoms with Crippen LogP contribution < -0.4 is 0 Å². The van der Waals surface area contributed by atoms with Gasteiger partial charge < -0.3 is 5.11 Å². The van der Waals surface area contributed by atoms with E-state index in [-0.39, 0.29) is 0 Å². The molecular formula is C7H15O2Zn. The molecule has 0 spiro atoms. The van der Waals surface area contributed by atoms with Crippen molar-refractivity contribution in [2.75, 3.05) is 0 Å². The van der Waals surface area contributed by atoms with Gasteiger partial charge >= 0.3 is 36.2 Å². The second kappa shape index (κ2) is 11.8. The Hall–Kier alpha value is 0.0934. The van der Waals surface area contributed by atoms with Crippen LogP contribution in [0.25, 0.3) is 0 Å². The number of hydrogen-bond donors (Lipinski definition) is 1. The molecule has 0 radical (unpaired) electrons. The van der Waals surface area contributed by atoms with Gasteiger partial charge in [0.2, 0.25) is 0 Å². The molecular weight excluding hydrogens is 181 g/mol. The van der Waals surface area contributed by atoms with E-state index in [4.69, 9.17) is 5.11 Å². The predicted octanol–water partition coefficient (Wildman–Crippen LogP) is 2.23. The quantitative estimate of drug-likeness (QED) is 0.703. The molecule has 10 heavy (non-hydrogen) atoms. The number of carboxylic acid groups (broad SMARTS) is 1. The zero-order valence-electron chi connectivity index (χ0n) is 6.89. The van der Waals surface area contributed by atoms with Crippen LogP contribution in [0.15, 0.2) is 0 Å². The minimum atomic E-state index is -0.693. The summed E-state index contributed by atoms with van der Waals surface area (Å²) in [6, 6.07) is 0. The Bertz CT molecular complexity index is 74.0. The van der Waals surface area contributed by atoms with Gasteiger partial charge in [-0.3, -0.25) is 4.79 Å². The molecule has 0 aliphatic heterocycles. The first kappa shape index (κ1) is 12.7. The normalized spacial score (nSPS) is 8.00. The zero-order valence-corrected chi connectivity index (χ0v) is 9.86. The van der Waals surface area contributed by atoms with E-state index >= 15 is 0 Å². The van der Waals surface area contributed by atoms with Gasteiger partial charge in [0.15, 0.2) is 0 Å². The molecule has 57 valence electrons. The van der Waals surface area contributed by atoms with Gasteiger partial charge in [0.1, 0.15) is 0 Å². The van der Waals surface area contributed by atoms with Crippen molar-refractivity contribution in [2.24, 2.45) is 0 Å². The monoisotopic (exact) mass is 195 g/mol. The van der Waals surface area contributed by atoms with E-state index in [9.17, 15) is 4.79 Å². The van der Waals surface area contributed by atoms with E-state index in [1.807, 2.05) is 6.92 Å². The van der Waals surface area contributed by atoms with Crippen LogP contribution in [-0.4, -0.2) is 11.1 Å². The minimum absolute atomic E-state index is 0.316. The van der Waals surface area contributed by atoms with Crippen molar-refractivity contribution in [3.05, 3.63) is 0 Å². The van der Waals surface area contributed by atoms with Gasteiger partial charge in [-0.05, 0) is 6.42 Å². The van der Waals surface area contributed by atoms with E-state index in [0.717, 1.165) is 12.8 Å². The Morgan fingerprint density at radius 3 is 2.00 bits per heavy atom. The predicted molar refractivity (Wildman–Crippen MR) is 37.6 cm³/mol. The molecule has 0 unspecified atom stereocenters. The maximum atomic E-state index is 9.76. The van der Waals surface area contributed by atoms with Crippen molar-refractivity contribution >= 4 is 5.97 Å². The Labute approximate surface area is 72.7 Å². The number of hydrogen-bond acceptors (Lipinski definition) is 1. The van der Waals surface area contributed by atoms with Gasteiger partial charge in [-0.15, -0.1) is 0 Å². The number of aliphatic carboxylic acids is 1. The average molecular weight is 197 g/mol. The Kier molecular flexibility index (Phi) is 15.1. The van der Waals surface area contributed by atoms with Crippen LogP contribution in [0.5, 0.6) is 0 Å². The molecule has 0 atom stereocenters. The molecule has 1 N–H and O–H groups in total. The number of carboxylic acids is 1. The van der Waals surface area contributed by atoms with Gasteiger partial charge in [-0.25, -0.2) is 0 Å². The molecule has 0 amide bonds. The molecule has 0 aromatic heterocycles. The van der Waals surface area contributed by atoms with Crippen molar-refractivity contribution in [1.29, 1.82) is 0 Å². The zero-order chi connectivity index (χ0) is 8.41. The molecule has 0 bridgehead atoms. The summed E-state index contributed by atoms with van der Waals surface area (Å²) in [6.45, 7) is 4.16. The molecule has 0 aliphatic rings. The Balaban J connectivity index is 0. The first-order valence-electron chi connectivity index (χ1n) is 3.70. The molecule has 0 aliphatic carbocycles. The second-order valence-electron chi connectivity index (χ2n) is 2.00. The van der Waals surface area contributed by atoms with Gasteiger partial charge in [-0.1, -0.05) is 13.3 Å². The van der Waals surface area contributed by atoms with E-state index < -0.39 is 5.97 Å². The number of carbonyl (C=O) groups is 1. The van der Waals surface area contributed by atoms with Crippen LogP contribution in [0.4, 0.5) is 0 Å². The van der Waals surface area contributed by atoms with Crippen molar-refractivity contribution in [3.8, 4) is 0 Å². The van der Waals surface area contributed by atoms with Crippen LogP contribution in [0.1, 0.15) is 33.1 Å². The fourth-order valence-corrected chi connectivity index (χ4v) is 0.328. The van der Waals surface area contributed by atoms with Crippen molar-refractivity contribution in [1.82, 2.24) is 0 Å². The third-order valence-electron chi connectivity index (χ3n) is 0.744. The fraction of sp³-hybridized carbons (Fsp3) is 0.857. The molecule has 0 aromatic rings. The molecule has 3 heteroatoms. The van der Waals surface area contributed by atoms with Crippen LogP contribution in [-0.2, 0) is 23.1 Å². The van der Waals surface area contributed by atoms with Crippen LogP contribution in [0.3, 0.4) is 0 Å². The summed E-state index contributed by atoms with van der Waals surface area (Å²) in [7, 11) is 0. The van der Waals surface area contributed by atoms with Gasteiger partial charge in [0, 0.05) is 6.42 Å². The Morgan fingerprint density at radius 1 is 1.50 bits per heavy atom. The van der Waals surface area contributed by atoms with Gasteiger partial charge in [0.25, 0.3) is 0 Å².